The Morgan fingerprint density at radius 3 is 2.65 bits per heavy atom. The summed E-state index contributed by atoms with van der Waals surface area (Å²) in [6, 6.07) is 0.107. The molecule has 0 aliphatic carbocycles. The number of rotatable bonds is 7. The van der Waals surface area contributed by atoms with E-state index in [1.165, 1.54) is 0 Å². The third kappa shape index (κ3) is 4.61. The molecule has 2 unspecified atom stereocenters. The zero-order valence-corrected chi connectivity index (χ0v) is 13.1. The van der Waals surface area contributed by atoms with E-state index in [4.69, 9.17) is 5.73 Å². The number of aryl methyl sites for hydroxylation is 1. The summed E-state index contributed by atoms with van der Waals surface area (Å²) in [4.78, 5) is 13.9. The number of nitrogens with one attached hydrogen (secondary N) is 1. The van der Waals surface area contributed by atoms with Gasteiger partial charge in [0.2, 0.25) is 5.91 Å². The Labute approximate surface area is 121 Å². The molecule has 2 atom stereocenters. The number of amides is 1. The highest BCUT2D eigenvalue weighted by atomic mass is 16.2. The molecule has 0 aliphatic rings. The average Bonchev–Trinajstić information content (AvgIpc) is 2.74. The maximum Gasteiger partial charge on any atom is 0.234 e. The highest BCUT2D eigenvalue weighted by molar-refractivity contribution is 5.78. The lowest BCUT2D eigenvalue weighted by Crippen LogP contribution is -2.44. The van der Waals surface area contributed by atoms with Gasteiger partial charge in [-0.15, -0.1) is 0 Å². The highest BCUT2D eigenvalue weighted by Crippen LogP contribution is 2.23. The third-order valence-corrected chi connectivity index (χ3v) is 3.26. The Bertz CT molecular complexity index is 429. The van der Waals surface area contributed by atoms with Crippen LogP contribution >= 0.6 is 0 Å². The Kier molecular flexibility index (Phi) is 6.16. The maximum atomic E-state index is 11.9. The summed E-state index contributed by atoms with van der Waals surface area (Å²) >= 11 is 0. The molecule has 6 heteroatoms. The topological polar surface area (TPSA) is 76.2 Å². The first-order valence-electron chi connectivity index (χ1n) is 7.08. The van der Waals surface area contributed by atoms with Gasteiger partial charge >= 0.3 is 0 Å². The third-order valence-electron chi connectivity index (χ3n) is 3.26. The van der Waals surface area contributed by atoms with Gasteiger partial charge in [-0.3, -0.25) is 14.4 Å². The van der Waals surface area contributed by atoms with Crippen LogP contribution in [0.15, 0.2) is 12.4 Å². The molecule has 1 heterocycles. The number of hydrogen-bond donors (Lipinski definition) is 2. The Morgan fingerprint density at radius 1 is 1.55 bits per heavy atom. The minimum Gasteiger partial charge on any atom is -0.353 e. The first-order chi connectivity index (χ1) is 9.35. The van der Waals surface area contributed by atoms with Crippen molar-refractivity contribution in [2.24, 2.45) is 12.8 Å². The van der Waals surface area contributed by atoms with Crippen LogP contribution in [0.5, 0.6) is 0 Å². The molecule has 1 aromatic rings. The largest absolute Gasteiger partial charge is 0.353 e. The Hall–Kier alpha value is -1.40. The summed E-state index contributed by atoms with van der Waals surface area (Å²) < 4.78 is 1.76. The molecule has 0 aromatic carbocycles. The molecule has 1 aromatic heterocycles. The molecule has 0 aliphatic heterocycles. The molecule has 0 spiro atoms. The normalized spacial score (nSPS) is 14.6. The number of hydrogen-bond acceptors (Lipinski definition) is 4. The van der Waals surface area contributed by atoms with E-state index in [1.54, 1.807) is 4.68 Å². The minimum absolute atomic E-state index is 0.00777. The van der Waals surface area contributed by atoms with Crippen molar-refractivity contribution >= 4 is 5.91 Å². The molecule has 0 saturated heterocycles. The summed E-state index contributed by atoms with van der Waals surface area (Å²) in [6.45, 7) is 6.28. The van der Waals surface area contributed by atoms with E-state index in [0.29, 0.717) is 6.54 Å². The van der Waals surface area contributed by atoms with Gasteiger partial charge in [0.25, 0.3) is 0 Å². The van der Waals surface area contributed by atoms with E-state index in [-0.39, 0.29) is 24.0 Å². The van der Waals surface area contributed by atoms with E-state index in [9.17, 15) is 4.79 Å². The van der Waals surface area contributed by atoms with Crippen LogP contribution in [-0.4, -0.2) is 46.3 Å². The number of nitrogens with two attached hydrogens (primary N) is 1. The van der Waals surface area contributed by atoms with Gasteiger partial charge in [-0.05, 0) is 27.3 Å². The summed E-state index contributed by atoms with van der Waals surface area (Å²) in [5, 5.41) is 7.10. The average molecular weight is 281 g/mol. The van der Waals surface area contributed by atoms with Crippen molar-refractivity contribution in [2.45, 2.75) is 45.3 Å². The van der Waals surface area contributed by atoms with Crippen LogP contribution in [-0.2, 0) is 11.8 Å². The van der Waals surface area contributed by atoms with Gasteiger partial charge in [0.05, 0.1) is 18.8 Å². The fraction of sp³-hybridized carbons (Fsp3) is 0.714. The second kappa shape index (κ2) is 7.40. The Balaban J connectivity index is 2.80. The number of carbonyl (C=O) groups excluding carboxylic acids is 1. The van der Waals surface area contributed by atoms with E-state index < -0.39 is 0 Å². The van der Waals surface area contributed by atoms with Gasteiger partial charge < -0.3 is 11.1 Å². The predicted octanol–water partition coefficient (Wildman–Crippen LogP) is 0.655. The smallest absolute Gasteiger partial charge is 0.234 e. The number of aromatic nitrogens is 2. The molecule has 6 nitrogen and oxygen atoms in total. The molecule has 3 N–H and O–H groups in total. The van der Waals surface area contributed by atoms with Crippen molar-refractivity contribution in [1.29, 1.82) is 0 Å². The quantitative estimate of drug-likeness (QED) is 0.769. The van der Waals surface area contributed by atoms with Gasteiger partial charge in [-0.25, -0.2) is 0 Å². The lowest BCUT2D eigenvalue weighted by Gasteiger charge is -2.31. The molecular formula is C14H27N5O. The van der Waals surface area contributed by atoms with E-state index >= 15 is 0 Å². The van der Waals surface area contributed by atoms with Gasteiger partial charge in [0.15, 0.2) is 0 Å². The zero-order chi connectivity index (χ0) is 15.3. The molecule has 20 heavy (non-hydrogen) atoms. The van der Waals surface area contributed by atoms with Crippen molar-refractivity contribution < 1.29 is 4.79 Å². The first-order valence-corrected chi connectivity index (χ1v) is 7.08. The summed E-state index contributed by atoms with van der Waals surface area (Å²) in [6.07, 6.45) is 4.61. The molecule has 114 valence electrons. The van der Waals surface area contributed by atoms with Gasteiger partial charge in [-0.2, -0.15) is 5.10 Å². The van der Waals surface area contributed by atoms with Crippen molar-refractivity contribution in [3.05, 3.63) is 18.0 Å². The summed E-state index contributed by atoms with van der Waals surface area (Å²) in [7, 11) is 3.80. The molecule has 0 fully saturated rings. The van der Waals surface area contributed by atoms with E-state index in [1.807, 2.05) is 45.2 Å². The lowest BCUT2D eigenvalue weighted by atomic mass is 9.99. The van der Waals surface area contributed by atoms with Crippen LogP contribution in [0.3, 0.4) is 0 Å². The first kappa shape index (κ1) is 16.7. The van der Waals surface area contributed by atoms with Crippen molar-refractivity contribution in [3.63, 3.8) is 0 Å². The predicted molar refractivity (Wildman–Crippen MR) is 80.1 cm³/mol. The number of likely N-dealkylation sites (N-methyl/N-ethyl adjacent to an activating group) is 1. The lowest BCUT2D eigenvalue weighted by molar-refractivity contribution is -0.123. The maximum absolute atomic E-state index is 11.9. The molecule has 0 saturated carbocycles. The van der Waals surface area contributed by atoms with Crippen molar-refractivity contribution in [2.75, 3.05) is 13.6 Å². The molecule has 1 rings (SSSR count). The summed E-state index contributed by atoms with van der Waals surface area (Å²) in [5.74, 6) is 0.0136. The van der Waals surface area contributed by atoms with Crippen LogP contribution in [0.2, 0.25) is 0 Å². The number of nitrogens with zero attached hydrogens (tertiary/aromatic N) is 3. The van der Waals surface area contributed by atoms with E-state index in [2.05, 4.69) is 17.3 Å². The van der Waals surface area contributed by atoms with Gasteiger partial charge in [0.1, 0.15) is 0 Å². The second-order valence-corrected chi connectivity index (χ2v) is 5.60. The van der Waals surface area contributed by atoms with Crippen LogP contribution in [0.1, 0.15) is 38.8 Å². The highest BCUT2D eigenvalue weighted by Gasteiger charge is 2.25. The Morgan fingerprint density at radius 2 is 2.20 bits per heavy atom. The van der Waals surface area contributed by atoms with Crippen LogP contribution < -0.4 is 11.1 Å². The monoisotopic (exact) mass is 281 g/mol. The summed E-state index contributed by atoms with van der Waals surface area (Å²) in [5.41, 5.74) is 7.27. The van der Waals surface area contributed by atoms with Crippen LogP contribution in [0.4, 0.5) is 0 Å². The van der Waals surface area contributed by atoms with E-state index in [0.717, 1.165) is 12.0 Å². The van der Waals surface area contributed by atoms with Crippen LogP contribution in [0.25, 0.3) is 0 Å². The van der Waals surface area contributed by atoms with Crippen LogP contribution in [0, 0.1) is 0 Å². The molecule has 0 radical (unpaired) electrons. The van der Waals surface area contributed by atoms with Gasteiger partial charge in [0, 0.05) is 30.9 Å². The van der Waals surface area contributed by atoms with Crippen molar-refractivity contribution in [1.82, 2.24) is 20.0 Å². The SMILES string of the molecule is CCC(N)C(c1cnn(C)c1)N(C)CC(=O)NC(C)C. The molecular weight excluding hydrogens is 254 g/mol. The second-order valence-electron chi connectivity index (χ2n) is 5.60. The van der Waals surface area contributed by atoms with Crippen molar-refractivity contribution in [3.8, 4) is 0 Å². The zero-order valence-electron chi connectivity index (χ0n) is 13.1. The fourth-order valence-electron chi connectivity index (χ4n) is 2.34. The molecule has 1 amide bonds. The molecule has 0 bridgehead atoms. The standard InChI is InChI=1S/C14H27N5O/c1-6-12(15)14(11-7-16-19(5)8-11)18(4)9-13(20)17-10(2)3/h7-8,10,12,14H,6,9,15H2,1-5H3,(H,17,20). The minimum atomic E-state index is -0.0314. The fourth-order valence-corrected chi connectivity index (χ4v) is 2.34. The number of carbonyl (C=O) groups is 1. The van der Waals surface area contributed by atoms with Gasteiger partial charge in [-0.1, -0.05) is 6.92 Å².